The average Bonchev–Trinajstić information content (AvgIpc) is 2.45. The van der Waals surface area contributed by atoms with E-state index in [1.54, 1.807) is 4.90 Å². The Bertz CT molecular complexity index is 460. The molecule has 1 aromatic rings. The van der Waals surface area contributed by atoms with Crippen LogP contribution in [0.5, 0.6) is 0 Å². The van der Waals surface area contributed by atoms with Crippen LogP contribution in [0.15, 0.2) is 30.3 Å². The predicted octanol–water partition coefficient (Wildman–Crippen LogP) is 2.51. The number of amides is 1. The summed E-state index contributed by atoms with van der Waals surface area (Å²) in [6.07, 6.45) is 1.44. The molecule has 2 rings (SSSR count). The molecule has 0 spiro atoms. The Morgan fingerprint density at radius 2 is 2.05 bits per heavy atom. The first-order valence-corrected chi connectivity index (χ1v) is 6.82. The van der Waals surface area contributed by atoms with Gasteiger partial charge in [-0.15, -0.1) is 0 Å². The van der Waals surface area contributed by atoms with E-state index < -0.39 is 5.97 Å². The van der Waals surface area contributed by atoms with Crippen molar-refractivity contribution >= 4 is 12.1 Å². The second kappa shape index (κ2) is 6.93. The first-order chi connectivity index (χ1) is 9.65. The molecule has 0 bridgehead atoms. The van der Waals surface area contributed by atoms with E-state index in [1.165, 1.54) is 0 Å². The van der Waals surface area contributed by atoms with Crippen molar-refractivity contribution in [2.24, 2.45) is 5.92 Å². The molecule has 1 atom stereocenters. The highest BCUT2D eigenvalue weighted by molar-refractivity contribution is 5.69. The van der Waals surface area contributed by atoms with Gasteiger partial charge in [0, 0.05) is 19.5 Å². The van der Waals surface area contributed by atoms with Crippen LogP contribution in [0.2, 0.25) is 0 Å². The molecule has 20 heavy (non-hydrogen) atoms. The number of aliphatic carboxylic acids is 1. The number of hydrogen-bond donors (Lipinski definition) is 1. The molecular formula is C15H19NO4. The van der Waals surface area contributed by atoms with Crippen LogP contribution in [-0.2, 0) is 16.1 Å². The molecule has 1 aliphatic heterocycles. The van der Waals surface area contributed by atoms with Gasteiger partial charge in [0.2, 0.25) is 0 Å². The van der Waals surface area contributed by atoms with Gasteiger partial charge in [-0.3, -0.25) is 4.79 Å². The molecule has 5 heteroatoms. The summed E-state index contributed by atoms with van der Waals surface area (Å²) in [7, 11) is 0. The van der Waals surface area contributed by atoms with E-state index >= 15 is 0 Å². The van der Waals surface area contributed by atoms with Gasteiger partial charge in [-0.05, 0) is 24.3 Å². The lowest BCUT2D eigenvalue weighted by molar-refractivity contribution is -0.138. The number of ether oxygens (including phenoxy) is 1. The highest BCUT2D eigenvalue weighted by Crippen LogP contribution is 2.20. The minimum Gasteiger partial charge on any atom is -0.481 e. The van der Waals surface area contributed by atoms with Gasteiger partial charge in [-0.1, -0.05) is 30.3 Å². The normalized spacial score (nSPS) is 18.6. The Hall–Kier alpha value is -2.04. The maximum absolute atomic E-state index is 12.0. The third kappa shape index (κ3) is 4.26. The lowest BCUT2D eigenvalue weighted by Crippen LogP contribution is -2.40. The molecule has 1 heterocycles. The molecule has 1 aromatic carbocycles. The van der Waals surface area contributed by atoms with Crippen LogP contribution in [0.25, 0.3) is 0 Å². The van der Waals surface area contributed by atoms with Gasteiger partial charge in [0.1, 0.15) is 6.61 Å². The largest absolute Gasteiger partial charge is 0.481 e. The van der Waals surface area contributed by atoms with Crippen LogP contribution in [0.4, 0.5) is 4.79 Å². The Balaban J connectivity index is 1.81. The van der Waals surface area contributed by atoms with E-state index in [4.69, 9.17) is 9.84 Å². The maximum Gasteiger partial charge on any atom is 0.410 e. The van der Waals surface area contributed by atoms with Crippen molar-refractivity contribution in [3.8, 4) is 0 Å². The molecule has 1 aliphatic rings. The van der Waals surface area contributed by atoms with Gasteiger partial charge in [0.25, 0.3) is 0 Å². The molecule has 1 amide bonds. The molecule has 0 saturated carbocycles. The highest BCUT2D eigenvalue weighted by Gasteiger charge is 2.26. The number of carbonyl (C=O) groups excluding carboxylic acids is 1. The van der Waals surface area contributed by atoms with Crippen LogP contribution in [-0.4, -0.2) is 35.2 Å². The van der Waals surface area contributed by atoms with Gasteiger partial charge < -0.3 is 14.7 Å². The maximum atomic E-state index is 12.0. The number of rotatable bonds is 4. The standard InChI is InChI=1S/C15H19NO4/c17-14(18)9-13-7-4-8-16(10-13)15(19)20-11-12-5-2-1-3-6-12/h1-3,5-6,13H,4,7-11H2,(H,17,18)/t13-/m1/s1. The van der Waals surface area contributed by atoms with E-state index in [2.05, 4.69) is 0 Å². The fraction of sp³-hybridized carbons (Fsp3) is 0.467. The van der Waals surface area contributed by atoms with E-state index in [1.807, 2.05) is 30.3 Å². The third-order valence-corrected chi connectivity index (χ3v) is 3.45. The fourth-order valence-corrected chi connectivity index (χ4v) is 2.46. The quantitative estimate of drug-likeness (QED) is 0.918. The third-order valence-electron chi connectivity index (χ3n) is 3.45. The van der Waals surface area contributed by atoms with Gasteiger partial charge in [-0.25, -0.2) is 4.79 Å². The molecule has 1 fully saturated rings. The van der Waals surface area contributed by atoms with Crippen LogP contribution >= 0.6 is 0 Å². The lowest BCUT2D eigenvalue weighted by atomic mass is 9.95. The van der Waals surface area contributed by atoms with Crippen LogP contribution < -0.4 is 0 Å². The van der Waals surface area contributed by atoms with Gasteiger partial charge >= 0.3 is 12.1 Å². The Kier molecular flexibility index (Phi) is 4.98. The van der Waals surface area contributed by atoms with Crippen molar-refractivity contribution in [2.45, 2.75) is 25.9 Å². The van der Waals surface area contributed by atoms with Crippen molar-refractivity contribution < 1.29 is 19.4 Å². The smallest absolute Gasteiger partial charge is 0.410 e. The first kappa shape index (κ1) is 14.4. The summed E-state index contributed by atoms with van der Waals surface area (Å²) >= 11 is 0. The number of carboxylic acids is 1. The molecule has 0 unspecified atom stereocenters. The van der Waals surface area contributed by atoms with E-state index in [0.717, 1.165) is 18.4 Å². The number of carbonyl (C=O) groups is 2. The Morgan fingerprint density at radius 1 is 1.30 bits per heavy atom. The van der Waals surface area contributed by atoms with Crippen molar-refractivity contribution in [3.05, 3.63) is 35.9 Å². The zero-order valence-electron chi connectivity index (χ0n) is 11.3. The molecule has 108 valence electrons. The Labute approximate surface area is 118 Å². The SMILES string of the molecule is O=C(O)C[C@H]1CCCN(C(=O)OCc2ccccc2)C1. The second-order valence-corrected chi connectivity index (χ2v) is 5.09. The second-order valence-electron chi connectivity index (χ2n) is 5.09. The van der Waals surface area contributed by atoms with Crippen molar-refractivity contribution in [1.29, 1.82) is 0 Å². The zero-order valence-corrected chi connectivity index (χ0v) is 11.3. The number of carboxylic acid groups (broad SMARTS) is 1. The predicted molar refractivity (Wildman–Crippen MR) is 73.2 cm³/mol. The summed E-state index contributed by atoms with van der Waals surface area (Å²) in [4.78, 5) is 24.3. The summed E-state index contributed by atoms with van der Waals surface area (Å²) in [5.74, 6) is -0.778. The van der Waals surface area contributed by atoms with Gasteiger partial charge in [0.15, 0.2) is 0 Å². The summed E-state index contributed by atoms with van der Waals surface area (Å²) < 4.78 is 5.26. The monoisotopic (exact) mass is 277 g/mol. The van der Waals surface area contributed by atoms with Gasteiger partial charge in [-0.2, -0.15) is 0 Å². The van der Waals surface area contributed by atoms with E-state index in [-0.39, 0.29) is 25.0 Å². The molecule has 0 aliphatic carbocycles. The fourth-order valence-electron chi connectivity index (χ4n) is 2.46. The Morgan fingerprint density at radius 3 is 2.75 bits per heavy atom. The van der Waals surface area contributed by atoms with Crippen LogP contribution in [0.1, 0.15) is 24.8 Å². The van der Waals surface area contributed by atoms with Crippen molar-refractivity contribution in [3.63, 3.8) is 0 Å². The number of hydrogen-bond acceptors (Lipinski definition) is 3. The van der Waals surface area contributed by atoms with Crippen LogP contribution in [0, 0.1) is 5.92 Å². The average molecular weight is 277 g/mol. The lowest BCUT2D eigenvalue weighted by Gasteiger charge is -2.31. The molecule has 1 saturated heterocycles. The summed E-state index contributed by atoms with van der Waals surface area (Å²) in [6.45, 7) is 1.36. The van der Waals surface area contributed by atoms with Crippen molar-refractivity contribution in [1.82, 2.24) is 4.90 Å². The summed E-state index contributed by atoms with van der Waals surface area (Å²) in [5.41, 5.74) is 0.944. The van der Waals surface area contributed by atoms with Crippen LogP contribution in [0.3, 0.4) is 0 Å². The first-order valence-electron chi connectivity index (χ1n) is 6.82. The zero-order chi connectivity index (χ0) is 14.4. The minimum absolute atomic E-state index is 0.0329. The molecular weight excluding hydrogens is 258 g/mol. The summed E-state index contributed by atoms with van der Waals surface area (Å²) in [5, 5.41) is 8.81. The van der Waals surface area contributed by atoms with Gasteiger partial charge in [0.05, 0.1) is 0 Å². The number of nitrogens with zero attached hydrogens (tertiary/aromatic N) is 1. The number of benzene rings is 1. The van der Waals surface area contributed by atoms with E-state index in [0.29, 0.717) is 13.1 Å². The van der Waals surface area contributed by atoms with E-state index in [9.17, 15) is 9.59 Å². The number of likely N-dealkylation sites (tertiary alicyclic amines) is 1. The molecule has 5 nitrogen and oxygen atoms in total. The minimum atomic E-state index is -0.811. The molecule has 0 aromatic heterocycles. The highest BCUT2D eigenvalue weighted by atomic mass is 16.6. The van der Waals surface area contributed by atoms with Crippen molar-refractivity contribution in [2.75, 3.05) is 13.1 Å². The molecule has 1 N–H and O–H groups in total. The summed E-state index contributed by atoms with van der Waals surface area (Å²) in [6, 6.07) is 9.50. The number of piperidine rings is 1. The molecule has 0 radical (unpaired) electrons. The topological polar surface area (TPSA) is 66.8 Å².